The monoisotopic (exact) mass is 289 g/mol. The highest BCUT2D eigenvalue weighted by Gasteiger charge is 2.42. The number of nitrogens with one attached hydrogen (secondary N) is 1. The fourth-order valence-electron chi connectivity index (χ4n) is 2.91. The van der Waals surface area contributed by atoms with Crippen molar-refractivity contribution < 1.29 is 4.79 Å². The Labute approximate surface area is 122 Å². The van der Waals surface area contributed by atoms with Crippen LogP contribution in [0.1, 0.15) is 36.3 Å². The number of pyridine rings is 1. The first-order chi connectivity index (χ1) is 9.74. The normalized spacial score (nSPS) is 18.7. The van der Waals surface area contributed by atoms with Crippen LogP contribution in [0.2, 0.25) is 5.15 Å². The summed E-state index contributed by atoms with van der Waals surface area (Å²) in [5.74, 6) is 1.63. The van der Waals surface area contributed by atoms with E-state index in [-0.39, 0.29) is 5.91 Å². The summed E-state index contributed by atoms with van der Waals surface area (Å²) in [6.07, 6.45) is 6.79. The van der Waals surface area contributed by atoms with Gasteiger partial charge in [0.15, 0.2) is 5.15 Å². The summed E-state index contributed by atoms with van der Waals surface area (Å²) in [4.78, 5) is 16.7. The van der Waals surface area contributed by atoms with Gasteiger partial charge in [-0.25, -0.2) is 4.98 Å². The molecule has 0 aromatic carbocycles. The van der Waals surface area contributed by atoms with Crippen LogP contribution in [0.5, 0.6) is 0 Å². The van der Waals surface area contributed by atoms with Gasteiger partial charge in [-0.05, 0) is 49.7 Å². The van der Waals surface area contributed by atoms with Gasteiger partial charge in [-0.15, -0.1) is 0 Å². The SMILES string of the molecule is O=C(NC(C1CC1)C1CC1)c1nc(Cl)c2ccccn12. The predicted octanol–water partition coefficient (Wildman–Crippen LogP) is 2.91. The number of hydrogen-bond donors (Lipinski definition) is 1. The molecule has 2 saturated carbocycles. The van der Waals surface area contributed by atoms with E-state index in [0.717, 1.165) is 5.52 Å². The van der Waals surface area contributed by atoms with Crippen molar-refractivity contribution in [2.45, 2.75) is 31.7 Å². The molecule has 104 valence electrons. The van der Waals surface area contributed by atoms with Crippen LogP contribution in [0.15, 0.2) is 24.4 Å². The number of carbonyl (C=O) groups is 1. The number of imidazole rings is 1. The second-order valence-corrected chi connectivity index (χ2v) is 6.21. The Morgan fingerprint density at radius 2 is 2.00 bits per heavy atom. The first-order valence-corrected chi connectivity index (χ1v) is 7.55. The van der Waals surface area contributed by atoms with Gasteiger partial charge in [-0.3, -0.25) is 9.20 Å². The molecular formula is C15H16ClN3O. The molecule has 0 unspecified atom stereocenters. The van der Waals surface area contributed by atoms with Crippen molar-refractivity contribution in [2.24, 2.45) is 11.8 Å². The van der Waals surface area contributed by atoms with E-state index in [9.17, 15) is 4.79 Å². The summed E-state index contributed by atoms with van der Waals surface area (Å²) in [6, 6.07) is 5.96. The van der Waals surface area contributed by atoms with E-state index in [1.165, 1.54) is 25.7 Å². The molecule has 1 N–H and O–H groups in total. The molecule has 0 spiro atoms. The van der Waals surface area contributed by atoms with Gasteiger partial charge in [0.25, 0.3) is 5.91 Å². The highest BCUT2D eigenvalue weighted by atomic mass is 35.5. The van der Waals surface area contributed by atoms with Crippen LogP contribution < -0.4 is 5.32 Å². The van der Waals surface area contributed by atoms with Crippen LogP contribution >= 0.6 is 11.6 Å². The molecular weight excluding hydrogens is 274 g/mol. The van der Waals surface area contributed by atoms with Gasteiger partial charge >= 0.3 is 0 Å². The van der Waals surface area contributed by atoms with E-state index in [1.54, 1.807) is 4.40 Å². The average molecular weight is 290 g/mol. The largest absolute Gasteiger partial charge is 0.346 e. The smallest absolute Gasteiger partial charge is 0.287 e. The number of aromatic nitrogens is 2. The van der Waals surface area contributed by atoms with E-state index >= 15 is 0 Å². The fourth-order valence-corrected chi connectivity index (χ4v) is 3.14. The maximum absolute atomic E-state index is 12.5. The highest BCUT2D eigenvalue weighted by Crippen LogP contribution is 2.44. The number of halogens is 1. The Balaban J connectivity index is 1.63. The van der Waals surface area contributed by atoms with E-state index in [0.29, 0.717) is 28.9 Å². The molecule has 2 aromatic heterocycles. The molecule has 2 aromatic rings. The summed E-state index contributed by atoms with van der Waals surface area (Å²) in [5.41, 5.74) is 0.772. The van der Waals surface area contributed by atoms with Crippen molar-refractivity contribution in [1.82, 2.24) is 14.7 Å². The van der Waals surface area contributed by atoms with Crippen LogP contribution in [0.4, 0.5) is 0 Å². The molecule has 4 rings (SSSR count). The van der Waals surface area contributed by atoms with Crippen molar-refractivity contribution in [3.63, 3.8) is 0 Å². The van der Waals surface area contributed by atoms with Crippen LogP contribution in [0.25, 0.3) is 5.52 Å². The van der Waals surface area contributed by atoms with E-state index in [4.69, 9.17) is 11.6 Å². The van der Waals surface area contributed by atoms with E-state index in [1.807, 2.05) is 24.4 Å². The van der Waals surface area contributed by atoms with Crippen LogP contribution in [-0.2, 0) is 0 Å². The standard InChI is InChI=1S/C15H16ClN3O/c16-13-11-3-1-2-8-19(11)14(18-13)15(20)17-12(9-4-5-9)10-6-7-10/h1-3,8-10,12H,4-7H2,(H,17,20). The van der Waals surface area contributed by atoms with Crippen LogP contribution in [-0.4, -0.2) is 21.3 Å². The lowest BCUT2D eigenvalue weighted by Gasteiger charge is -2.16. The topological polar surface area (TPSA) is 46.4 Å². The third-order valence-electron chi connectivity index (χ3n) is 4.26. The van der Waals surface area contributed by atoms with Gasteiger partial charge in [0, 0.05) is 12.2 Å². The molecule has 0 bridgehead atoms. The molecule has 0 aliphatic heterocycles. The van der Waals surface area contributed by atoms with Gasteiger partial charge in [0.05, 0.1) is 5.52 Å². The zero-order valence-corrected chi connectivity index (χ0v) is 11.8. The Morgan fingerprint density at radius 3 is 2.65 bits per heavy atom. The lowest BCUT2D eigenvalue weighted by molar-refractivity contribution is 0.0915. The number of hydrogen-bond acceptors (Lipinski definition) is 2. The van der Waals surface area contributed by atoms with Gasteiger partial charge < -0.3 is 5.32 Å². The molecule has 5 heteroatoms. The number of fused-ring (bicyclic) bond motifs is 1. The van der Waals surface area contributed by atoms with Crippen molar-refractivity contribution >= 4 is 23.0 Å². The molecule has 1 amide bonds. The van der Waals surface area contributed by atoms with Crippen molar-refractivity contribution in [3.05, 3.63) is 35.4 Å². The Bertz CT molecular complexity index is 661. The number of rotatable bonds is 4. The van der Waals surface area contributed by atoms with E-state index < -0.39 is 0 Å². The van der Waals surface area contributed by atoms with Crippen LogP contribution in [0.3, 0.4) is 0 Å². The molecule has 4 nitrogen and oxygen atoms in total. The Morgan fingerprint density at radius 1 is 1.30 bits per heavy atom. The molecule has 2 fully saturated rings. The molecule has 0 atom stereocenters. The quantitative estimate of drug-likeness (QED) is 0.941. The van der Waals surface area contributed by atoms with Gasteiger partial charge in [0.2, 0.25) is 5.82 Å². The summed E-state index contributed by atoms with van der Waals surface area (Å²) in [7, 11) is 0. The molecule has 2 heterocycles. The maximum Gasteiger partial charge on any atom is 0.287 e. The van der Waals surface area contributed by atoms with Crippen molar-refractivity contribution in [3.8, 4) is 0 Å². The number of nitrogens with zero attached hydrogens (tertiary/aromatic N) is 2. The summed E-state index contributed by atoms with van der Waals surface area (Å²) < 4.78 is 1.76. The first-order valence-electron chi connectivity index (χ1n) is 7.17. The average Bonchev–Trinajstić information content (AvgIpc) is 3.35. The summed E-state index contributed by atoms with van der Waals surface area (Å²) >= 11 is 6.10. The molecule has 2 aliphatic rings. The van der Waals surface area contributed by atoms with Gasteiger partial charge in [-0.1, -0.05) is 17.7 Å². The minimum absolute atomic E-state index is 0.109. The predicted molar refractivity (Wildman–Crippen MR) is 76.9 cm³/mol. The third kappa shape index (κ3) is 2.08. The number of amides is 1. The highest BCUT2D eigenvalue weighted by molar-refractivity contribution is 6.33. The molecule has 2 aliphatic carbocycles. The maximum atomic E-state index is 12.5. The second-order valence-electron chi connectivity index (χ2n) is 5.86. The zero-order chi connectivity index (χ0) is 13.7. The molecule has 20 heavy (non-hydrogen) atoms. The number of carbonyl (C=O) groups excluding carboxylic acids is 1. The second kappa shape index (κ2) is 4.48. The summed E-state index contributed by atoms with van der Waals surface area (Å²) in [6.45, 7) is 0. The van der Waals surface area contributed by atoms with Gasteiger partial charge in [0.1, 0.15) is 0 Å². The molecule has 0 radical (unpaired) electrons. The van der Waals surface area contributed by atoms with Gasteiger partial charge in [-0.2, -0.15) is 0 Å². The molecule has 0 saturated heterocycles. The fraction of sp³-hybridized carbons (Fsp3) is 0.467. The lowest BCUT2D eigenvalue weighted by atomic mass is 10.1. The minimum Gasteiger partial charge on any atom is -0.346 e. The van der Waals surface area contributed by atoms with Crippen molar-refractivity contribution in [1.29, 1.82) is 0 Å². The van der Waals surface area contributed by atoms with E-state index in [2.05, 4.69) is 10.3 Å². The Kier molecular flexibility index (Phi) is 2.74. The van der Waals surface area contributed by atoms with Crippen molar-refractivity contribution in [2.75, 3.05) is 0 Å². The lowest BCUT2D eigenvalue weighted by Crippen LogP contribution is -2.38. The third-order valence-corrected chi connectivity index (χ3v) is 4.54. The Hall–Kier alpha value is -1.55. The minimum atomic E-state index is -0.109. The summed E-state index contributed by atoms with van der Waals surface area (Å²) in [5, 5.41) is 3.56. The van der Waals surface area contributed by atoms with Crippen LogP contribution in [0, 0.1) is 11.8 Å². The first kappa shape index (κ1) is 12.2. The zero-order valence-electron chi connectivity index (χ0n) is 11.1.